The lowest BCUT2D eigenvalue weighted by Crippen LogP contribution is -2.29. The number of Topliss-reactive ketones (excluding diaryl/α,β-unsaturated/α-hetero) is 1. The molecule has 1 N–H and O–H groups in total. The number of hydrogen-bond acceptors (Lipinski definition) is 3. The molecule has 1 fully saturated rings. The molecule has 1 unspecified atom stereocenters. The SMILES string of the molecule is Cc1ccc(/C(O)=C2\C(=O)C(=O)N(c3ccc(C(F)(F)F)cc3)C2c2ccccc2C)cc1C. The number of benzene rings is 3. The molecule has 3 aromatic rings. The van der Waals surface area contributed by atoms with Gasteiger partial charge in [-0.05, 0) is 73.4 Å². The van der Waals surface area contributed by atoms with Crippen molar-refractivity contribution in [1.29, 1.82) is 0 Å². The Kier molecular flexibility index (Phi) is 5.81. The maximum atomic E-state index is 13.2. The van der Waals surface area contributed by atoms with Crippen molar-refractivity contribution in [2.75, 3.05) is 4.90 Å². The number of hydrogen-bond donors (Lipinski definition) is 1. The van der Waals surface area contributed by atoms with Crippen LogP contribution in [0.3, 0.4) is 0 Å². The molecule has 1 aliphatic heterocycles. The molecule has 0 spiro atoms. The van der Waals surface area contributed by atoms with E-state index >= 15 is 0 Å². The molecule has 4 nitrogen and oxygen atoms in total. The highest BCUT2D eigenvalue weighted by molar-refractivity contribution is 6.51. The van der Waals surface area contributed by atoms with Crippen molar-refractivity contribution >= 4 is 23.1 Å². The maximum absolute atomic E-state index is 13.2. The van der Waals surface area contributed by atoms with E-state index in [1.165, 1.54) is 0 Å². The lowest BCUT2D eigenvalue weighted by molar-refractivity contribution is -0.137. The van der Waals surface area contributed by atoms with E-state index in [0.29, 0.717) is 11.1 Å². The van der Waals surface area contributed by atoms with Crippen molar-refractivity contribution in [3.05, 3.63) is 106 Å². The van der Waals surface area contributed by atoms with E-state index in [1.807, 2.05) is 13.8 Å². The number of aliphatic hydroxyl groups is 1. The Hall–Kier alpha value is -3.87. The zero-order valence-corrected chi connectivity index (χ0v) is 18.8. The summed E-state index contributed by atoms with van der Waals surface area (Å²) >= 11 is 0. The molecule has 0 bridgehead atoms. The van der Waals surface area contributed by atoms with Crippen molar-refractivity contribution in [1.82, 2.24) is 0 Å². The number of alkyl halides is 3. The first-order valence-corrected chi connectivity index (χ1v) is 10.6. The van der Waals surface area contributed by atoms with E-state index < -0.39 is 29.5 Å². The molecule has 0 saturated carbocycles. The molecule has 34 heavy (non-hydrogen) atoms. The van der Waals surface area contributed by atoms with Crippen LogP contribution >= 0.6 is 0 Å². The van der Waals surface area contributed by atoms with Crippen LogP contribution in [-0.2, 0) is 15.8 Å². The molecule has 1 saturated heterocycles. The van der Waals surface area contributed by atoms with E-state index in [0.717, 1.165) is 45.9 Å². The second-order valence-corrected chi connectivity index (χ2v) is 8.37. The summed E-state index contributed by atoms with van der Waals surface area (Å²) in [4.78, 5) is 27.5. The fourth-order valence-electron chi connectivity index (χ4n) is 4.14. The second-order valence-electron chi connectivity index (χ2n) is 8.37. The number of carbonyl (C=O) groups is 2. The first kappa shape index (κ1) is 23.3. The van der Waals surface area contributed by atoms with Gasteiger partial charge in [0.05, 0.1) is 17.2 Å². The Morgan fingerprint density at radius 1 is 0.853 bits per heavy atom. The molecule has 3 aromatic carbocycles. The zero-order valence-electron chi connectivity index (χ0n) is 18.8. The first-order valence-electron chi connectivity index (χ1n) is 10.6. The van der Waals surface area contributed by atoms with Gasteiger partial charge in [0.1, 0.15) is 5.76 Å². The zero-order chi connectivity index (χ0) is 24.8. The minimum Gasteiger partial charge on any atom is -0.507 e. The van der Waals surface area contributed by atoms with Gasteiger partial charge in [0.15, 0.2) is 0 Å². The number of amides is 1. The predicted molar refractivity (Wildman–Crippen MR) is 123 cm³/mol. The van der Waals surface area contributed by atoms with Crippen LogP contribution in [-0.4, -0.2) is 16.8 Å². The van der Waals surface area contributed by atoms with Crippen LogP contribution in [0.15, 0.2) is 72.3 Å². The fraction of sp³-hybridized carbons (Fsp3) is 0.185. The summed E-state index contributed by atoms with van der Waals surface area (Å²) in [5.74, 6) is -2.15. The third kappa shape index (κ3) is 3.98. The minimum absolute atomic E-state index is 0.109. The molecule has 174 valence electrons. The highest BCUT2D eigenvalue weighted by atomic mass is 19.4. The Morgan fingerprint density at radius 2 is 1.50 bits per heavy atom. The number of carbonyl (C=O) groups excluding carboxylic acids is 2. The third-order valence-electron chi connectivity index (χ3n) is 6.18. The highest BCUT2D eigenvalue weighted by Gasteiger charge is 2.47. The Balaban J connectivity index is 1.93. The van der Waals surface area contributed by atoms with Crippen LogP contribution in [0.1, 0.15) is 39.4 Å². The van der Waals surface area contributed by atoms with E-state index in [-0.39, 0.29) is 17.0 Å². The van der Waals surface area contributed by atoms with Crippen molar-refractivity contribution < 1.29 is 27.9 Å². The summed E-state index contributed by atoms with van der Waals surface area (Å²) in [7, 11) is 0. The van der Waals surface area contributed by atoms with Gasteiger partial charge in [-0.15, -0.1) is 0 Å². The van der Waals surface area contributed by atoms with Crippen LogP contribution in [0.2, 0.25) is 0 Å². The van der Waals surface area contributed by atoms with Crippen molar-refractivity contribution in [2.45, 2.75) is 33.0 Å². The second kappa shape index (κ2) is 8.48. The average Bonchev–Trinajstić information content (AvgIpc) is 3.05. The van der Waals surface area contributed by atoms with Gasteiger partial charge in [0.2, 0.25) is 0 Å². The van der Waals surface area contributed by atoms with Crippen LogP contribution in [0.5, 0.6) is 0 Å². The topological polar surface area (TPSA) is 57.6 Å². The summed E-state index contributed by atoms with van der Waals surface area (Å²) in [6, 6.07) is 15.3. The summed E-state index contributed by atoms with van der Waals surface area (Å²) in [6.45, 7) is 5.58. The molecule has 1 heterocycles. The number of nitrogens with zero attached hydrogens (tertiary/aromatic N) is 1. The van der Waals surface area contributed by atoms with Gasteiger partial charge in [-0.25, -0.2) is 0 Å². The van der Waals surface area contributed by atoms with Crippen molar-refractivity contribution in [3.63, 3.8) is 0 Å². The van der Waals surface area contributed by atoms with Gasteiger partial charge in [-0.1, -0.05) is 36.4 Å². The van der Waals surface area contributed by atoms with E-state index in [9.17, 15) is 27.9 Å². The minimum atomic E-state index is -4.54. The van der Waals surface area contributed by atoms with Crippen LogP contribution in [0, 0.1) is 20.8 Å². The highest BCUT2D eigenvalue weighted by Crippen LogP contribution is 2.43. The maximum Gasteiger partial charge on any atom is 0.416 e. The van der Waals surface area contributed by atoms with E-state index in [1.54, 1.807) is 49.4 Å². The molecular weight excluding hydrogens is 443 g/mol. The van der Waals surface area contributed by atoms with E-state index in [4.69, 9.17) is 0 Å². The normalized spacial score (nSPS) is 17.9. The number of aryl methyl sites for hydroxylation is 3. The Morgan fingerprint density at radius 3 is 2.09 bits per heavy atom. The predicted octanol–water partition coefficient (Wildman–Crippen LogP) is 6.26. The van der Waals surface area contributed by atoms with Crippen molar-refractivity contribution in [2.24, 2.45) is 0 Å². The van der Waals surface area contributed by atoms with Gasteiger partial charge in [-0.2, -0.15) is 13.2 Å². The summed E-state index contributed by atoms with van der Waals surface area (Å²) in [6.07, 6.45) is -4.54. The monoisotopic (exact) mass is 465 g/mol. The van der Waals surface area contributed by atoms with Gasteiger partial charge >= 0.3 is 6.18 Å². The van der Waals surface area contributed by atoms with Crippen LogP contribution < -0.4 is 4.90 Å². The summed E-state index contributed by atoms with van der Waals surface area (Å²) < 4.78 is 39.2. The Bertz CT molecular complexity index is 1320. The van der Waals surface area contributed by atoms with E-state index in [2.05, 4.69) is 0 Å². The standard InChI is InChI=1S/C27H22F3NO3/c1-15-8-9-18(14-17(15)3)24(32)22-23(21-7-5-4-6-16(21)2)31(26(34)25(22)33)20-12-10-19(11-13-20)27(28,29)30/h4-14,23,32H,1-3H3/b24-22+. The molecule has 4 rings (SSSR count). The molecule has 0 aromatic heterocycles. The number of rotatable bonds is 3. The molecule has 0 aliphatic carbocycles. The van der Waals surface area contributed by atoms with Gasteiger partial charge in [0.25, 0.3) is 11.7 Å². The van der Waals surface area contributed by atoms with Gasteiger partial charge in [0, 0.05) is 11.3 Å². The largest absolute Gasteiger partial charge is 0.507 e. The fourth-order valence-corrected chi connectivity index (χ4v) is 4.14. The smallest absolute Gasteiger partial charge is 0.416 e. The van der Waals surface area contributed by atoms with Crippen molar-refractivity contribution in [3.8, 4) is 0 Å². The number of anilines is 1. The molecule has 1 atom stereocenters. The molecule has 1 amide bonds. The Labute approximate surface area is 195 Å². The van der Waals surface area contributed by atoms with Gasteiger partial charge in [-0.3, -0.25) is 14.5 Å². The lowest BCUT2D eigenvalue weighted by Gasteiger charge is -2.27. The number of ketones is 1. The van der Waals surface area contributed by atoms with Crippen LogP contribution in [0.25, 0.3) is 5.76 Å². The lowest BCUT2D eigenvalue weighted by atomic mass is 9.92. The summed E-state index contributed by atoms with van der Waals surface area (Å²) in [5, 5.41) is 11.2. The molecule has 0 radical (unpaired) electrons. The quantitative estimate of drug-likeness (QED) is 0.282. The molecular formula is C27H22F3NO3. The third-order valence-corrected chi connectivity index (χ3v) is 6.18. The van der Waals surface area contributed by atoms with Crippen LogP contribution in [0.4, 0.5) is 18.9 Å². The molecule has 7 heteroatoms. The first-order chi connectivity index (χ1) is 16.0. The summed E-state index contributed by atoms with van der Waals surface area (Å²) in [5.41, 5.74) is 2.78. The van der Waals surface area contributed by atoms with Gasteiger partial charge < -0.3 is 5.11 Å². The average molecular weight is 465 g/mol. The number of halogens is 3. The molecule has 1 aliphatic rings. The number of aliphatic hydroxyl groups excluding tert-OH is 1.